The molecule has 10 nitrogen and oxygen atoms in total. The van der Waals surface area contributed by atoms with Gasteiger partial charge in [-0.25, -0.2) is 39.4 Å². The molecule has 2 aliphatic rings. The largest absolute Gasteiger partial charge is 0.464 e. The van der Waals surface area contributed by atoms with Gasteiger partial charge in [-0.2, -0.15) is 0 Å². The quantitative estimate of drug-likeness (QED) is 0.0214. The van der Waals surface area contributed by atoms with Gasteiger partial charge < -0.3 is 18.6 Å². The molecule has 2 N–H and O–H groups in total. The standard InChI is InChI=1S/C57H60F4N3O7S3/c1-12-57(10,11)56(65)70-27-28-72-54-48(58)50(60)55(51(61)49(54)59)74(68,69)64-73(66,67)46-22-14-13-17-43(46)47-41-25-23-35(62-52-37(31(2)3)18-15-19-38(52)32(4)5)29-44(41)71-45-30-36(24-26-42(45)47)63-53-39(33(6)7)20-16-21-40(53)34(8)9/h13-26,29-34H,12,27-28H2,1-11H3,(H,62,63)/q-1/p+1. The molecule has 0 saturated carbocycles. The number of para-hydroxylation sites is 2. The van der Waals surface area contributed by atoms with Crippen molar-refractivity contribution >= 4 is 65.8 Å². The molecule has 0 unspecified atom stereocenters. The third-order valence-electron chi connectivity index (χ3n) is 13.1. The molecular formula is C57H61F4N3O7S3. The fourth-order valence-electron chi connectivity index (χ4n) is 8.68. The number of rotatable bonds is 18. The van der Waals surface area contributed by atoms with Gasteiger partial charge in [0.15, 0.2) is 23.3 Å². The van der Waals surface area contributed by atoms with Crippen molar-refractivity contribution in [3.63, 3.8) is 0 Å². The van der Waals surface area contributed by atoms with Crippen LogP contribution in [0.5, 0.6) is 0 Å². The summed E-state index contributed by atoms with van der Waals surface area (Å²) in [5.41, 5.74) is 6.95. The van der Waals surface area contributed by atoms with Gasteiger partial charge in [-0.1, -0.05) is 117 Å². The smallest absolute Gasteiger partial charge is 0.311 e. The van der Waals surface area contributed by atoms with E-state index < -0.39 is 76.0 Å². The number of fused-ring (bicyclic) bond motifs is 2. The summed E-state index contributed by atoms with van der Waals surface area (Å²) in [4.78, 5) is 11.8. The molecule has 7 rings (SSSR count). The maximum absolute atomic E-state index is 15.8. The average molecular weight is 1070 g/mol. The number of hydrogen-bond acceptors (Lipinski definition) is 9. The minimum Gasteiger partial charge on any atom is -0.464 e. The molecular weight excluding hydrogens is 1010 g/mol. The summed E-state index contributed by atoms with van der Waals surface area (Å²) >= 11 is 0.235. The molecule has 0 aromatic heterocycles. The third-order valence-corrected chi connectivity index (χ3v) is 17.5. The van der Waals surface area contributed by atoms with Crippen molar-refractivity contribution < 1.29 is 53.3 Å². The molecule has 74 heavy (non-hydrogen) atoms. The van der Waals surface area contributed by atoms with Crippen molar-refractivity contribution in [2.24, 2.45) is 5.41 Å². The number of anilines is 2. The van der Waals surface area contributed by atoms with Gasteiger partial charge in [-0.15, -0.1) is 11.8 Å². The van der Waals surface area contributed by atoms with Crippen LogP contribution in [0.1, 0.15) is 129 Å². The van der Waals surface area contributed by atoms with Gasteiger partial charge in [0.2, 0.25) is 11.0 Å². The van der Waals surface area contributed by atoms with Gasteiger partial charge in [0.05, 0.1) is 21.3 Å². The van der Waals surface area contributed by atoms with Gasteiger partial charge >= 0.3 is 5.97 Å². The van der Waals surface area contributed by atoms with Crippen molar-refractivity contribution in [3.8, 4) is 22.5 Å². The normalized spacial score (nSPS) is 12.8. The van der Waals surface area contributed by atoms with Crippen LogP contribution < -0.4 is 15.7 Å². The molecule has 0 spiro atoms. The minimum absolute atomic E-state index is 0.0637. The van der Waals surface area contributed by atoms with E-state index in [0.717, 1.165) is 39.7 Å². The number of nitrogens with one attached hydrogen (secondary N) is 2. The van der Waals surface area contributed by atoms with Crippen LogP contribution in [-0.2, 0) is 29.6 Å². The molecule has 1 aliphatic heterocycles. The van der Waals surface area contributed by atoms with Crippen LogP contribution in [0.2, 0.25) is 0 Å². The first-order valence-electron chi connectivity index (χ1n) is 24.4. The van der Waals surface area contributed by atoms with E-state index in [0.29, 0.717) is 39.8 Å². The Kier molecular flexibility index (Phi) is 16.6. The van der Waals surface area contributed by atoms with Gasteiger partial charge in [0, 0.05) is 62.5 Å². The Labute approximate surface area is 435 Å². The van der Waals surface area contributed by atoms with E-state index in [1.807, 2.05) is 24.3 Å². The highest BCUT2D eigenvalue weighted by molar-refractivity contribution is 8.12. The zero-order valence-electron chi connectivity index (χ0n) is 43.2. The molecule has 5 aromatic carbocycles. The van der Waals surface area contributed by atoms with E-state index in [9.17, 15) is 21.6 Å². The lowest BCUT2D eigenvalue weighted by Crippen LogP contribution is -2.71. The number of thioether (sulfide) groups is 1. The molecule has 17 heteroatoms. The van der Waals surface area contributed by atoms with E-state index >= 15 is 17.6 Å². The van der Waals surface area contributed by atoms with Gasteiger partial charge in [0.1, 0.15) is 42.9 Å². The Morgan fingerprint density at radius 2 is 1.27 bits per heavy atom. The molecule has 392 valence electrons. The highest BCUT2D eigenvalue weighted by Gasteiger charge is 2.33. The molecule has 0 atom stereocenters. The molecule has 0 saturated heterocycles. The summed E-state index contributed by atoms with van der Waals surface area (Å²) in [5.74, 6) is -8.94. The summed E-state index contributed by atoms with van der Waals surface area (Å²) in [6, 6.07) is 28.3. The van der Waals surface area contributed by atoms with Crippen molar-refractivity contribution in [1.29, 1.82) is 0 Å². The number of ether oxygens (including phenoxy) is 1. The Balaban J connectivity index is 1.37. The van der Waals surface area contributed by atoms with Crippen molar-refractivity contribution in [3.05, 3.63) is 152 Å². The van der Waals surface area contributed by atoms with E-state index in [1.54, 1.807) is 45.0 Å². The second-order valence-electron chi connectivity index (χ2n) is 20.0. The van der Waals surface area contributed by atoms with Crippen LogP contribution >= 0.6 is 11.8 Å². The van der Waals surface area contributed by atoms with Crippen molar-refractivity contribution in [2.75, 3.05) is 17.7 Å². The summed E-state index contributed by atoms with van der Waals surface area (Å²) in [7, 11) is -11.5. The summed E-state index contributed by atoms with van der Waals surface area (Å²) in [6.45, 7) is 21.5. The van der Waals surface area contributed by atoms with Crippen LogP contribution in [0.15, 0.2) is 116 Å². The number of carbonyl (C=O) groups is 1. The van der Waals surface area contributed by atoms with E-state index in [4.69, 9.17) is 9.15 Å². The SMILES string of the molecule is CCC(C)(C)C(=O)OCCSc1c(F)c(F)c(S(=O)(=O)[N-]S(=O)(=O)c2ccccc2-c2c3ccc(=[NH+]c4c(C(C)C)cccc4C(C)C)cc-3oc3cc(Nc4c(C(C)C)cccc4C(C)C)ccc23)c(F)c1F. The first kappa shape index (κ1) is 55.7. The molecule has 0 amide bonds. The Morgan fingerprint density at radius 3 is 1.84 bits per heavy atom. The lowest BCUT2D eigenvalue weighted by molar-refractivity contribution is -0.404. The molecule has 0 radical (unpaired) electrons. The summed E-state index contributed by atoms with van der Waals surface area (Å²) in [6.07, 6.45) is 0.428. The van der Waals surface area contributed by atoms with E-state index in [1.165, 1.54) is 18.2 Å². The topological polar surface area (TPSA) is 148 Å². The molecule has 5 aromatic rings. The van der Waals surface area contributed by atoms with Crippen LogP contribution in [0.25, 0.3) is 37.5 Å². The Morgan fingerprint density at radius 1 is 0.703 bits per heavy atom. The number of esters is 1. The predicted octanol–water partition coefficient (Wildman–Crippen LogP) is 13.8. The lowest BCUT2D eigenvalue weighted by atomic mass is 9.91. The number of nitrogens with zero attached hydrogens (tertiary/aromatic N) is 1. The van der Waals surface area contributed by atoms with Gasteiger partial charge in [-0.05, 0) is 79.3 Å². The van der Waals surface area contributed by atoms with Crippen molar-refractivity contribution in [2.45, 2.75) is 121 Å². The highest BCUT2D eigenvalue weighted by Crippen LogP contribution is 2.45. The zero-order chi connectivity index (χ0) is 54.2. The first-order chi connectivity index (χ1) is 34.8. The predicted molar refractivity (Wildman–Crippen MR) is 284 cm³/mol. The minimum atomic E-state index is -6.05. The Hall–Kier alpha value is -6.01. The van der Waals surface area contributed by atoms with Gasteiger partial charge in [-0.3, -0.25) is 4.79 Å². The maximum Gasteiger partial charge on any atom is 0.311 e. The second-order valence-corrected chi connectivity index (χ2v) is 24.5. The fourth-order valence-corrected chi connectivity index (χ4v) is 12.5. The van der Waals surface area contributed by atoms with Crippen molar-refractivity contribution in [1.82, 2.24) is 0 Å². The average Bonchev–Trinajstić information content (AvgIpc) is 3.34. The number of carbonyl (C=O) groups excluding carboxylic acids is 1. The number of hydrogen-bond donors (Lipinski definition) is 2. The molecule has 1 heterocycles. The highest BCUT2D eigenvalue weighted by atomic mass is 32.3. The van der Waals surface area contributed by atoms with Crippen LogP contribution in [0.4, 0.5) is 34.6 Å². The second kappa shape index (κ2) is 22.1. The van der Waals surface area contributed by atoms with Crippen LogP contribution in [-0.4, -0.2) is 35.2 Å². The Bertz CT molecular complexity index is 3470. The first-order valence-corrected chi connectivity index (χ1v) is 28.3. The zero-order valence-corrected chi connectivity index (χ0v) is 45.7. The number of sulfonamides is 2. The summed E-state index contributed by atoms with van der Waals surface area (Å²) in [5, 5.41) is 4.67. The monoisotopic (exact) mass is 1070 g/mol. The third kappa shape index (κ3) is 11.3. The van der Waals surface area contributed by atoms with Crippen LogP contribution in [0.3, 0.4) is 0 Å². The number of halogens is 4. The molecule has 1 aliphatic carbocycles. The summed E-state index contributed by atoms with van der Waals surface area (Å²) < 4.78 is 134. The van der Waals surface area contributed by atoms with E-state index in [-0.39, 0.29) is 52.3 Å². The maximum atomic E-state index is 15.8. The number of benzene rings is 6. The van der Waals surface area contributed by atoms with Crippen LogP contribution in [0, 0.1) is 28.7 Å². The van der Waals surface area contributed by atoms with E-state index in [2.05, 4.69) is 94.1 Å². The fraction of sp³-hybridized carbons (Fsp3) is 0.333. The molecule has 0 bridgehead atoms. The molecule has 0 fully saturated rings. The lowest BCUT2D eigenvalue weighted by Gasteiger charge is -2.25. The van der Waals surface area contributed by atoms with Gasteiger partial charge in [0.25, 0.3) is 0 Å².